The van der Waals surface area contributed by atoms with Crippen LogP contribution in [0.5, 0.6) is 0 Å². The number of nitrogens with one attached hydrogen (secondary N) is 1. The predicted octanol–water partition coefficient (Wildman–Crippen LogP) is 5.98. The molecule has 1 aliphatic rings. The highest BCUT2D eigenvalue weighted by Gasteiger charge is 2.18. The lowest BCUT2D eigenvalue weighted by Crippen LogP contribution is -2.19. The summed E-state index contributed by atoms with van der Waals surface area (Å²) in [5, 5.41) is 8.56. The lowest BCUT2D eigenvalue weighted by Gasteiger charge is -2.12. The van der Waals surface area contributed by atoms with Crippen molar-refractivity contribution >= 4 is 0 Å². The van der Waals surface area contributed by atoms with Gasteiger partial charge in [-0.25, -0.2) is 4.98 Å². The Bertz CT molecular complexity index is 954. The van der Waals surface area contributed by atoms with Crippen molar-refractivity contribution in [2.24, 2.45) is 5.92 Å². The molecule has 1 aromatic heterocycles. The molecule has 31 heavy (non-hydrogen) atoms. The quantitative estimate of drug-likeness (QED) is 0.571. The third kappa shape index (κ3) is 8.39. The number of nitrogens with zero attached hydrogens (tertiary/aromatic N) is 3. The zero-order chi connectivity index (χ0) is 22.6. The van der Waals surface area contributed by atoms with Crippen molar-refractivity contribution in [3.05, 3.63) is 88.5 Å². The molecule has 0 bridgehead atoms. The molecule has 0 spiro atoms. The number of rotatable bonds is 3. The highest BCUT2D eigenvalue weighted by molar-refractivity contribution is 5.38. The van der Waals surface area contributed by atoms with Gasteiger partial charge in [0.15, 0.2) is 0 Å². The molecule has 0 amide bonds. The number of benzene rings is 2. The largest absolute Gasteiger partial charge is 0.347 e. The highest BCUT2D eigenvalue weighted by atomic mass is 15.2. The summed E-state index contributed by atoms with van der Waals surface area (Å²) < 4.78 is 0. The summed E-state index contributed by atoms with van der Waals surface area (Å²) >= 11 is 0. The molecule has 164 valence electrons. The second-order valence-corrected chi connectivity index (χ2v) is 8.42. The number of hydrogen-bond donors (Lipinski definition) is 1. The Morgan fingerprint density at radius 3 is 2.42 bits per heavy atom. The summed E-state index contributed by atoms with van der Waals surface area (Å²) in [7, 11) is 0. The maximum Gasteiger partial charge on any atom is 0.0994 e. The summed E-state index contributed by atoms with van der Waals surface area (Å²) in [6, 6.07) is 16.4. The van der Waals surface area contributed by atoms with Crippen LogP contribution in [0, 0.1) is 38.0 Å². The first kappa shape index (κ1) is 24.4. The molecule has 1 atom stereocenters. The Balaban J connectivity index is 0.000000167. The van der Waals surface area contributed by atoms with E-state index in [1.165, 1.54) is 41.9 Å². The van der Waals surface area contributed by atoms with E-state index in [1.807, 2.05) is 38.2 Å². The van der Waals surface area contributed by atoms with Crippen molar-refractivity contribution in [1.82, 2.24) is 14.9 Å². The molecule has 2 heterocycles. The van der Waals surface area contributed by atoms with Crippen LogP contribution in [-0.2, 0) is 13.0 Å². The van der Waals surface area contributed by atoms with Gasteiger partial charge in [-0.1, -0.05) is 55.8 Å². The number of nitriles is 1. The molecule has 0 saturated carbocycles. The molecule has 4 heteroatoms. The number of aromatic amines is 1. The van der Waals surface area contributed by atoms with Crippen molar-refractivity contribution in [2.75, 3.05) is 13.1 Å². The molecule has 1 fully saturated rings. The fourth-order valence-corrected chi connectivity index (χ4v) is 3.73. The van der Waals surface area contributed by atoms with Gasteiger partial charge in [-0.15, -0.1) is 0 Å². The smallest absolute Gasteiger partial charge is 0.0994 e. The van der Waals surface area contributed by atoms with E-state index in [4.69, 9.17) is 5.26 Å². The van der Waals surface area contributed by atoms with Crippen LogP contribution in [0.25, 0.3) is 0 Å². The number of hydrogen-bond acceptors (Lipinski definition) is 3. The van der Waals surface area contributed by atoms with Crippen LogP contribution in [0.2, 0.25) is 0 Å². The van der Waals surface area contributed by atoms with Crippen LogP contribution >= 0.6 is 0 Å². The van der Waals surface area contributed by atoms with Crippen molar-refractivity contribution in [3.8, 4) is 6.07 Å². The van der Waals surface area contributed by atoms with Gasteiger partial charge in [0.05, 0.1) is 18.0 Å². The van der Waals surface area contributed by atoms with Gasteiger partial charge in [-0.05, 0) is 68.8 Å². The van der Waals surface area contributed by atoms with E-state index < -0.39 is 0 Å². The average Bonchev–Trinajstić information content (AvgIpc) is 3.41. The zero-order valence-electron chi connectivity index (χ0n) is 19.7. The van der Waals surface area contributed by atoms with E-state index >= 15 is 0 Å². The van der Waals surface area contributed by atoms with E-state index in [0.717, 1.165) is 30.0 Å². The Kier molecular flexibility index (Phi) is 10.00. The molecular weight excluding hydrogens is 380 g/mol. The summed E-state index contributed by atoms with van der Waals surface area (Å²) in [6.07, 6.45) is 6.14. The van der Waals surface area contributed by atoms with Crippen LogP contribution in [0.4, 0.5) is 0 Å². The third-order valence-electron chi connectivity index (χ3n) is 5.60. The Labute approximate surface area is 188 Å². The monoisotopic (exact) mass is 416 g/mol. The SMILES string of the molecule is CCc1ccccc1C.C[C@H]1CCN(Cc2cnc[nH]2)C1.Cc1ccc(C#N)c(C)c1. The first-order valence-corrected chi connectivity index (χ1v) is 11.1. The minimum absolute atomic E-state index is 0.769. The van der Waals surface area contributed by atoms with Crippen molar-refractivity contribution in [3.63, 3.8) is 0 Å². The van der Waals surface area contributed by atoms with Crippen LogP contribution in [-0.4, -0.2) is 28.0 Å². The predicted molar refractivity (Wildman–Crippen MR) is 129 cm³/mol. The molecule has 1 saturated heterocycles. The Morgan fingerprint density at radius 1 is 1.13 bits per heavy atom. The summed E-state index contributed by atoms with van der Waals surface area (Å²) in [6.45, 7) is 14.1. The van der Waals surface area contributed by atoms with Gasteiger partial charge < -0.3 is 4.98 Å². The Hall–Kier alpha value is -2.90. The first-order valence-electron chi connectivity index (χ1n) is 11.1. The molecule has 0 radical (unpaired) electrons. The molecule has 4 rings (SSSR count). The molecule has 1 N–H and O–H groups in total. The van der Waals surface area contributed by atoms with E-state index in [1.54, 1.807) is 6.33 Å². The van der Waals surface area contributed by atoms with Gasteiger partial charge in [0.1, 0.15) is 0 Å². The van der Waals surface area contributed by atoms with Crippen LogP contribution in [0.1, 0.15) is 53.8 Å². The standard InChI is InChI=1S/C9H15N3.C9H9N.C9H12/c1-8-2-3-12(5-8)6-9-4-10-7-11-9;1-7-3-4-9(6-10)8(2)5-7;1-3-9-7-5-4-6-8(9)2/h4,7-8H,2-3,5-6H2,1H3,(H,10,11);3-5H,1-2H3;4-7H,3H2,1-2H3/t8-;;/m0../s1. The molecule has 0 unspecified atom stereocenters. The number of aromatic nitrogens is 2. The number of H-pyrrole nitrogens is 1. The second kappa shape index (κ2) is 12.7. The topological polar surface area (TPSA) is 55.7 Å². The third-order valence-corrected chi connectivity index (χ3v) is 5.60. The highest BCUT2D eigenvalue weighted by Crippen LogP contribution is 2.16. The van der Waals surface area contributed by atoms with Crippen LogP contribution in [0.3, 0.4) is 0 Å². The van der Waals surface area contributed by atoms with E-state index in [-0.39, 0.29) is 0 Å². The van der Waals surface area contributed by atoms with Crippen molar-refractivity contribution in [1.29, 1.82) is 5.26 Å². The maximum atomic E-state index is 8.56. The molecule has 0 aliphatic carbocycles. The average molecular weight is 417 g/mol. The van der Waals surface area contributed by atoms with Gasteiger partial charge in [0.2, 0.25) is 0 Å². The van der Waals surface area contributed by atoms with Gasteiger partial charge in [-0.3, -0.25) is 4.90 Å². The lowest BCUT2D eigenvalue weighted by molar-refractivity contribution is 0.317. The first-order chi connectivity index (χ1) is 14.9. The van der Waals surface area contributed by atoms with E-state index in [9.17, 15) is 0 Å². The van der Waals surface area contributed by atoms with Gasteiger partial charge in [-0.2, -0.15) is 5.26 Å². The molecule has 2 aromatic carbocycles. The van der Waals surface area contributed by atoms with E-state index in [0.29, 0.717) is 0 Å². The number of likely N-dealkylation sites (tertiary alicyclic amines) is 1. The minimum Gasteiger partial charge on any atom is -0.347 e. The normalized spacial score (nSPS) is 15.3. The number of imidazole rings is 1. The summed E-state index contributed by atoms with van der Waals surface area (Å²) in [5.41, 5.74) is 7.12. The minimum atomic E-state index is 0.769. The van der Waals surface area contributed by atoms with E-state index in [2.05, 4.69) is 66.0 Å². The van der Waals surface area contributed by atoms with Crippen molar-refractivity contribution in [2.45, 2.75) is 54.0 Å². The Morgan fingerprint density at radius 2 is 1.90 bits per heavy atom. The van der Waals surface area contributed by atoms with Crippen LogP contribution < -0.4 is 0 Å². The number of aryl methyl sites for hydroxylation is 4. The van der Waals surface area contributed by atoms with Crippen LogP contribution in [0.15, 0.2) is 55.0 Å². The molecular formula is C27H36N4. The van der Waals surface area contributed by atoms with Gasteiger partial charge >= 0.3 is 0 Å². The molecule has 3 aromatic rings. The molecule has 4 nitrogen and oxygen atoms in total. The second-order valence-electron chi connectivity index (χ2n) is 8.42. The van der Waals surface area contributed by atoms with Crippen molar-refractivity contribution < 1.29 is 0 Å². The maximum absolute atomic E-state index is 8.56. The molecule has 1 aliphatic heterocycles. The summed E-state index contributed by atoms with van der Waals surface area (Å²) in [5.74, 6) is 0.868. The van der Waals surface area contributed by atoms with Gasteiger partial charge in [0, 0.05) is 25.0 Å². The fraction of sp³-hybridized carbons (Fsp3) is 0.407. The zero-order valence-corrected chi connectivity index (χ0v) is 19.7. The lowest BCUT2D eigenvalue weighted by atomic mass is 10.1. The summed E-state index contributed by atoms with van der Waals surface area (Å²) in [4.78, 5) is 9.60. The fourth-order valence-electron chi connectivity index (χ4n) is 3.73. The van der Waals surface area contributed by atoms with Gasteiger partial charge in [0.25, 0.3) is 0 Å².